The third-order valence-corrected chi connectivity index (χ3v) is 5.23. The van der Waals surface area contributed by atoms with Crippen molar-refractivity contribution in [3.8, 4) is 6.07 Å². The van der Waals surface area contributed by atoms with Crippen molar-refractivity contribution in [3.05, 3.63) is 0 Å². The summed E-state index contributed by atoms with van der Waals surface area (Å²) in [5, 5.41) is 13.8. The molecule has 2 fully saturated rings. The van der Waals surface area contributed by atoms with Crippen molar-refractivity contribution in [2.75, 3.05) is 5.75 Å². The summed E-state index contributed by atoms with van der Waals surface area (Å²) in [6.07, 6.45) is 9.80. The maximum atomic E-state index is 9.49. The van der Waals surface area contributed by atoms with Gasteiger partial charge in [-0.25, -0.2) is 0 Å². The first kappa shape index (κ1) is 13.2. The Hall–Kier alpha value is -0.200. The van der Waals surface area contributed by atoms with E-state index in [0.717, 1.165) is 12.8 Å². The van der Waals surface area contributed by atoms with Gasteiger partial charge in [-0.3, -0.25) is 5.32 Å². The second-order valence-electron chi connectivity index (χ2n) is 5.56. The average Bonchev–Trinajstić information content (AvgIpc) is 3.14. The van der Waals surface area contributed by atoms with E-state index < -0.39 is 0 Å². The lowest BCUT2D eigenvalue weighted by Crippen LogP contribution is -2.49. The van der Waals surface area contributed by atoms with Gasteiger partial charge in [0.05, 0.1) is 6.07 Å². The van der Waals surface area contributed by atoms with E-state index >= 15 is 0 Å². The first-order valence-corrected chi connectivity index (χ1v) is 8.13. The zero-order valence-electron chi connectivity index (χ0n) is 10.9. The van der Waals surface area contributed by atoms with E-state index in [9.17, 15) is 5.26 Å². The van der Waals surface area contributed by atoms with Gasteiger partial charge in [0.25, 0.3) is 0 Å². The van der Waals surface area contributed by atoms with Gasteiger partial charge >= 0.3 is 0 Å². The van der Waals surface area contributed by atoms with Gasteiger partial charge in [-0.1, -0.05) is 13.3 Å². The van der Waals surface area contributed by atoms with Crippen LogP contribution < -0.4 is 5.32 Å². The van der Waals surface area contributed by atoms with E-state index in [4.69, 9.17) is 0 Å². The molecule has 1 N–H and O–H groups in total. The van der Waals surface area contributed by atoms with Gasteiger partial charge < -0.3 is 0 Å². The number of rotatable bonds is 6. The van der Waals surface area contributed by atoms with Crippen LogP contribution in [-0.2, 0) is 0 Å². The smallest absolute Gasteiger partial charge is 0.108 e. The number of hydrogen-bond donors (Lipinski definition) is 1. The number of hydrogen-bond acceptors (Lipinski definition) is 3. The van der Waals surface area contributed by atoms with Crippen molar-refractivity contribution in [1.82, 2.24) is 5.32 Å². The van der Waals surface area contributed by atoms with Gasteiger partial charge in [-0.15, -0.1) is 0 Å². The standard InChI is InChI=1S/C14H24N2S/c1-2-3-9-17-13-5-4-8-14(10-13,11-15)16-12-6-7-12/h12-13,16H,2-10H2,1H3. The van der Waals surface area contributed by atoms with Crippen molar-refractivity contribution in [1.29, 1.82) is 5.26 Å². The minimum atomic E-state index is -0.191. The number of thioether (sulfide) groups is 1. The maximum Gasteiger partial charge on any atom is 0.108 e. The highest BCUT2D eigenvalue weighted by molar-refractivity contribution is 7.99. The van der Waals surface area contributed by atoms with Crippen LogP contribution in [0.2, 0.25) is 0 Å². The van der Waals surface area contributed by atoms with Crippen LogP contribution in [0, 0.1) is 11.3 Å². The molecule has 0 spiro atoms. The summed E-state index contributed by atoms with van der Waals surface area (Å²) >= 11 is 2.10. The second kappa shape index (κ2) is 6.11. The van der Waals surface area contributed by atoms with E-state index in [2.05, 4.69) is 30.1 Å². The summed E-state index contributed by atoms with van der Waals surface area (Å²) in [5.74, 6) is 1.27. The number of nitriles is 1. The van der Waals surface area contributed by atoms with Crippen LogP contribution in [0.1, 0.15) is 58.3 Å². The van der Waals surface area contributed by atoms with Crippen LogP contribution in [0.15, 0.2) is 0 Å². The number of nitrogens with one attached hydrogen (secondary N) is 1. The quantitative estimate of drug-likeness (QED) is 0.735. The van der Waals surface area contributed by atoms with Gasteiger partial charge in [0.1, 0.15) is 5.54 Å². The molecule has 0 aliphatic heterocycles. The molecule has 0 aromatic carbocycles. The summed E-state index contributed by atoms with van der Waals surface area (Å²) in [7, 11) is 0. The van der Waals surface area contributed by atoms with E-state index in [-0.39, 0.29) is 5.54 Å². The molecule has 2 nitrogen and oxygen atoms in total. The summed E-state index contributed by atoms with van der Waals surface area (Å²) in [5.41, 5.74) is -0.191. The highest BCUT2D eigenvalue weighted by Gasteiger charge is 2.40. The molecule has 2 atom stereocenters. The lowest BCUT2D eigenvalue weighted by Gasteiger charge is -2.36. The van der Waals surface area contributed by atoms with Gasteiger partial charge in [0.15, 0.2) is 0 Å². The lowest BCUT2D eigenvalue weighted by atomic mass is 9.82. The Labute approximate surface area is 110 Å². The normalized spacial score (nSPS) is 33.3. The molecule has 96 valence electrons. The van der Waals surface area contributed by atoms with E-state index in [0.29, 0.717) is 11.3 Å². The summed E-state index contributed by atoms with van der Waals surface area (Å²) in [4.78, 5) is 0. The Morgan fingerprint density at radius 1 is 1.41 bits per heavy atom. The second-order valence-corrected chi connectivity index (χ2v) is 6.96. The predicted octanol–water partition coefficient (Wildman–Crippen LogP) is 3.48. The Bertz CT molecular complexity index is 282. The minimum Gasteiger partial charge on any atom is -0.297 e. The van der Waals surface area contributed by atoms with Crippen LogP contribution in [0.25, 0.3) is 0 Å². The molecule has 0 radical (unpaired) electrons. The van der Waals surface area contributed by atoms with Crippen LogP contribution >= 0.6 is 11.8 Å². The first-order chi connectivity index (χ1) is 8.28. The fourth-order valence-electron chi connectivity index (χ4n) is 2.64. The minimum absolute atomic E-state index is 0.191. The largest absolute Gasteiger partial charge is 0.297 e. The molecule has 0 aromatic heterocycles. The Morgan fingerprint density at radius 2 is 2.24 bits per heavy atom. The van der Waals surface area contributed by atoms with Gasteiger partial charge in [0.2, 0.25) is 0 Å². The van der Waals surface area contributed by atoms with Crippen molar-refractivity contribution in [3.63, 3.8) is 0 Å². The Morgan fingerprint density at radius 3 is 2.88 bits per heavy atom. The predicted molar refractivity (Wildman–Crippen MR) is 74.1 cm³/mol. The third-order valence-electron chi connectivity index (χ3n) is 3.83. The van der Waals surface area contributed by atoms with E-state index in [1.54, 1.807) is 0 Å². The zero-order valence-corrected chi connectivity index (χ0v) is 11.7. The summed E-state index contributed by atoms with van der Waals surface area (Å²) < 4.78 is 0. The van der Waals surface area contributed by atoms with Crippen molar-refractivity contribution < 1.29 is 0 Å². The molecule has 0 saturated heterocycles. The molecule has 2 unspecified atom stereocenters. The van der Waals surface area contributed by atoms with Gasteiger partial charge in [-0.2, -0.15) is 17.0 Å². The molecule has 0 aromatic rings. The molecule has 0 bridgehead atoms. The molecular weight excluding hydrogens is 228 g/mol. The Balaban J connectivity index is 1.83. The molecule has 2 aliphatic rings. The molecule has 3 heteroatoms. The molecule has 17 heavy (non-hydrogen) atoms. The van der Waals surface area contributed by atoms with Crippen molar-refractivity contribution >= 4 is 11.8 Å². The van der Waals surface area contributed by atoms with Crippen LogP contribution in [-0.4, -0.2) is 22.6 Å². The summed E-state index contributed by atoms with van der Waals surface area (Å²) in [6.45, 7) is 2.25. The molecule has 2 aliphatic carbocycles. The summed E-state index contributed by atoms with van der Waals surface area (Å²) in [6, 6.07) is 3.23. The molecular formula is C14H24N2S. The maximum absolute atomic E-state index is 9.49. The zero-order chi connectivity index (χ0) is 12.1. The van der Waals surface area contributed by atoms with Gasteiger partial charge in [-0.05, 0) is 50.7 Å². The number of unbranched alkanes of at least 4 members (excludes halogenated alkanes) is 1. The lowest BCUT2D eigenvalue weighted by molar-refractivity contribution is 0.301. The van der Waals surface area contributed by atoms with Crippen LogP contribution in [0.5, 0.6) is 0 Å². The highest BCUT2D eigenvalue weighted by Crippen LogP contribution is 2.37. The Kier molecular flexibility index (Phi) is 4.76. The topological polar surface area (TPSA) is 35.8 Å². The van der Waals surface area contributed by atoms with Crippen molar-refractivity contribution in [2.24, 2.45) is 0 Å². The fraction of sp³-hybridized carbons (Fsp3) is 0.929. The molecule has 2 rings (SSSR count). The average molecular weight is 252 g/mol. The van der Waals surface area contributed by atoms with E-state index in [1.165, 1.54) is 44.3 Å². The SMILES string of the molecule is CCCCSC1CCCC(C#N)(NC2CC2)C1. The first-order valence-electron chi connectivity index (χ1n) is 7.08. The molecule has 2 saturated carbocycles. The third kappa shape index (κ3) is 3.89. The molecule has 0 heterocycles. The van der Waals surface area contributed by atoms with E-state index in [1.807, 2.05) is 0 Å². The fourth-order valence-corrected chi connectivity index (χ4v) is 4.17. The van der Waals surface area contributed by atoms with Gasteiger partial charge in [0, 0.05) is 11.3 Å². The number of nitrogens with zero attached hydrogens (tertiary/aromatic N) is 1. The van der Waals surface area contributed by atoms with Crippen molar-refractivity contribution in [2.45, 2.75) is 75.1 Å². The molecule has 0 amide bonds. The monoisotopic (exact) mass is 252 g/mol. The highest BCUT2D eigenvalue weighted by atomic mass is 32.2. The van der Waals surface area contributed by atoms with Crippen LogP contribution in [0.4, 0.5) is 0 Å². The van der Waals surface area contributed by atoms with Crippen LogP contribution in [0.3, 0.4) is 0 Å².